The number of fused-ring (bicyclic) bond motifs is 1. The number of nitrogens with one attached hydrogen (secondary N) is 1. The molecule has 0 fully saturated rings. The van der Waals surface area contributed by atoms with Crippen LogP contribution in [0.4, 0.5) is 0 Å². The summed E-state index contributed by atoms with van der Waals surface area (Å²) in [4.78, 5) is 10.9. The van der Waals surface area contributed by atoms with E-state index in [9.17, 15) is 4.79 Å². The second-order valence-corrected chi connectivity index (χ2v) is 4.03. The lowest BCUT2D eigenvalue weighted by molar-refractivity contribution is -0.121. The van der Waals surface area contributed by atoms with Crippen molar-refractivity contribution in [3.05, 3.63) is 36.1 Å². The van der Waals surface area contributed by atoms with Gasteiger partial charge in [-0.05, 0) is 30.9 Å². The zero-order valence-electron chi connectivity index (χ0n) is 9.61. The highest BCUT2D eigenvalue weighted by Gasteiger charge is 2.05. The Hall–Kier alpha value is -1.81. The van der Waals surface area contributed by atoms with Crippen LogP contribution < -0.4 is 11.3 Å². The number of aryl methyl sites for hydroxylation is 1. The molecule has 2 aromatic rings. The second kappa shape index (κ2) is 5.50. The Morgan fingerprint density at radius 1 is 1.29 bits per heavy atom. The minimum absolute atomic E-state index is 0.109. The number of nitrogens with two attached hydrogens (primary N) is 1. The van der Waals surface area contributed by atoms with Crippen molar-refractivity contribution < 1.29 is 9.21 Å². The fraction of sp³-hybridized carbons (Fsp3) is 0.308. The monoisotopic (exact) mass is 232 g/mol. The van der Waals surface area contributed by atoms with Gasteiger partial charge in [-0.2, -0.15) is 0 Å². The Morgan fingerprint density at radius 3 is 2.94 bits per heavy atom. The number of furan rings is 1. The molecule has 0 spiro atoms. The van der Waals surface area contributed by atoms with Gasteiger partial charge in [0, 0.05) is 11.8 Å². The van der Waals surface area contributed by atoms with E-state index < -0.39 is 0 Å². The normalized spacial score (nSPS) is 10.6. The van der Waals surface area contributed by atoms with E-state index in [0.29, 0.717) is 6.42 Å². The molecular weight excluding hydrogens is 216 g/mol. The van der Waals surface area contributed by atoms with Crippen LogP contribution >= 0.6 is 0 Å². The molecule has 0 unspecified atom stereocenters. The molecule has 1 aromatic heterocycles. The number of para-hydroxylation sites is 1. The third kappa shape index (κ3) is 2.85. The predicted molar refractivity (Wildman–Crippen MR) is 66.1 cm³/mol. The highest BCUT2D eigenvalue weighted by molar-refractivity contribution is 5.80. The molecule has 0 aliphatic heterocycles. The Morgan fingerprint density at radius 2 is 2.12 bits per heavy atom. The molecule has 90 valence electrons. The molecule has 17 heavy (non-hydrogen) atoms. The fourth-order valence-electron chi connectivity index (χ4n) is 1.90. The molecule has 2 rings (SSSR count). The highest BCUT2D eigenvalue weighted by atomic mass is 16.3. The van der Waals surface area contributed by atoms with Gasteiger partial charge < -0.3 is 4.42 Å². The van der Waals surface area contributed by atoms with Gasteiger partial charge in [-0.25, -0.2) is 5.84 Å². The molecule has 0 saturated heterocycles. The van der Waals surface area contributed by atoms with Crippen molar-refractivity contribution in [2.75, 3.05) is 0 Å². The summed E-state index contributed by atoms with van der Waals surface area (Å²) in [6.45, 7) is 0. The average molecular weight is 232 g/mol. The summed E-state index contributed by atoms with van der Waals surface area (Å²) in [5.41, 5.74) is 4.25. The number of unbranched alkanes of at least 4 members (excludes halogenated alkanes) is 1. The maximum Gasteiger partial charge on any atom is 0.233 e. The summed E-state index contributed by atoms with van der Waals surface area (Å²) in [7, 11) is 0. The van der Waals surface area contributed by atoms with Crippen LogP contribution in [0.1, 0.15) is 24.8 Å². The summed E-state index contributed by atoms with van der Waals surface area (Å²) in [6, 6.07) is 7.98. The summed E-state index contributed by atoms with van der Waals surface area (Å²) in [6.07, 6.45) is 4.99. The fourth-order valence-corrected chi connectivity index (χ4v) is 1.90. The van der Waals surface area contributed by atoms with Gasteiger partial charge in [0.2, 0.25) is 5.91 Å². The van der Waals surface area contributed by atoms with E-state index in [1.54, 1.807) is 6.26 Å². The molecule has 4 nitrogen and oxygen atoms in total. The van der Waals surface area contributed by atoms with Gasteiger partial charge in [-0.15, -0.1) is 0 Å². The predicted octanol–water partition coefficient (Wildman–Crippen LogP) is 2.14. The molecule has 1 aromatic carbocycles. The minimum atomic E-state index is -0.109. The lowest BCUT2D eigenvalue weighted by Crippen LogP contribution is -2.29. The van der Waals surface area contributed by atoms with Crippen LogP contribution in [-0.2, 0) is 11.2 Å². The maximum absolute atomic E-state index is 10.9. The van der Waals surface area contributed by atoms with Crippen molar-refractivity contribution >= 4 is 16.9 Å². The van der Waals surface area contributed by atoms with Crippen LogP contribution in [0.3, 0.4) is 0 Å². The van der Waals surface area contributed by atoms with Crippen molar-refractivity contribution in [1.82, 2.24) is 5.43 Å². The zero-order chi connectivity index (χ0) is 12.1. The van der Waals surface area contributed by atoms with Crippen molar-refractivity contribution in [2.24, 2.45) is 5.84 Å². The average Bonchev–Trinajstić information content (AvgIpc) is 2.78. The topological polar surface area (TPSA) is 68.3 Å². The van der Waals surface area contributed by atoms with Crippen LogP contribution in [0.5, 0.6) is 0 Å². The molecule has 1 amide bonds. The number of rotatable bonds is 5. The SMILES string of the molecule is NNC(=O)CCCCc1coc2ccccc12. The van der Waals surface area contributed by atoms with Crippen LogP contribution in [0.2, 0.25) is 0 Å². The molecule has 0 aliphatic rings. The summed E-state index contributed by atoms with van der Waals surface area (Å²) < 4.78 is 5.45. The number of benzene rings is 1. The summed E-state index contributed by atoms with van der Waals surface area (Å²) >= 11 is 0. The number of hydrazine groups is 1. The van der Waals surface area contributed by atoms with Crippen molar-refractivity contribution in [3.8, 4) is 0 Å². The van der Waals surface area contributed by atoms with Crippen LogP contribution in [0, 0.1) is 0 Å². The Labute approximate surface area is 99.8 Å². The van der Waals surface area contributed by atoms with Crippen LogP contribution in [-0.4, -0.2) is 5.91 Å². The van der Waals surface area contributed by atoms with Gasteiger partial charge in [0.05, 0.1) is 6.26 Å². The summed E-state index contributed by atoms with van der Waals surface area (Å²) in [5, 5.41) is 1.16. The third-order valence-corrected chi connectivity index (χ3v) is 2.82. The quantitative estimate of drug-likeness (QED) is 0.359. The van der Waals surface area contributed by atoms with E-state index in [-0.39, 0.29) is 5.91 Å². The van der Waals surface area contributed by atoms with Gasteiger partial charge in [-0.3, -0.25) is 10.2 Å². The molecular formula is C13H16N2O2. The molecule has 0 atom stereocenters. The smallest absolute Gasteiger partial charge is 0.233 e. The van der Waals surface area contributed by atoms with Crippen molar-refractivity contribution in [3.63, 3.8) is 0 Å². The standard InChI is InChI=1S/C13H16N2O2/c14-15-13(16)8-4-1-5-10-9-17-12-7-3-2-6-11(10)12/h2-3,6-7,9H,1,4-5,8,14H2,(H,15,16). The van der Waals surface area contributed by atoms with Crippen LogP contribution in [0.25, 0.3) is 11.0 Å². The Kier molecular flexibility index (Phi) is 3.77. The number of carbonyl (C=O) groups is 1. The molecule has 3 N–H and O–H groups in total. The first-order valence-electron chi connectivity index (χ1n) is 5.76. The lowest BCUT2D eigenvalue weighted by Gasteiger charge is -1.99. The minimum Gasteiger partial charge on any atom is -0.464 e. The van der Waals surface area contributed by atoms with Gasteiger partial charge in [0.1, 0.15) is 5.58 Å². The van der Waals surface area contributed by atoms with E-state index >= 15 is 0 Å². The van der Waals surface area contributed by atoms with Gasteiger partial charge in [-0.1, -0.05) is 18.2 Å². The van der Waals surface area contributed by atoms with Crippen molar-refractivity contribution in [1.29, 1.82) is 0 Å². The number of carbonyl (C=O) groups excluding carboxylic acids is 1. The molecule has 4 heteroatoms. The van der Waals surface area contributed by atoms with Gasteiger partial charge in [0.15, 0.2) is 0 Å². The van der Waals surface area contributed by atoms with E-state index in [4.69, 9.17) is 10.3 Å². The Bertz CT molecular complexity index is 505. The third-order valence-electron chi connectivity index (χ3n) is 2.82. The first-order valence-corrected chi connectivity index (χ1v) is 5.76. The first kappa shape index (κ1) is 11.7. The molecule has 0 saturated carbocycles. The van der Waals surface area contributed by atoms with E-state index in [1.807, 2.05) is 18.2 Å². The van der Waals surface area contributed by atoms with E-state index in [1.165, 1.54) is 5.56 Å². The first-order chi connectivity index (χ1) is 8.31. The van der Waals surface area contributed by atoms with Crippen LogP contribution in [0.15, 0.2) is 34.9 Å². The lowest BCUT2D eigenvalue weighted by atomic mass is 10.1. The number of amides is 1. The van der Waals surface area contributed by atoms with Crippen molar-refractivity contribution in [2.45, 2.75) is 25.7 Å². The maximum atomic E-state index is 10.9. The zero-order valence-corrected chi connectivity index (χ0v) is 9.61. The molecule has 1 heterocycles. The number of hydrogen-bond donors (Lipinski definition) is 2. The molecule has 0 radical (unpaired) electrons. The molecule has 0 aliphatic carbocycles. The highest BCUT2D eigenvalue weighted by Crippen LogP contribution is 2.22. The second-order valence-electron chi connectivity index (χ2n) is 4.03. The summed E-state index contributed by atoms with van der Waals surface area (Å²) in [5.74, 6) is 4.90. The van der Waals surface area contributed by atoms with Gasteiger partial charge in [0.25, 0.3) is 0 Å². The molecule has 0 bridgehead atoms. The van der Waals surface area contributed by atoms with Gasteiger partial charge >= 0.3 is 0 Å². The Balaban J connectivity index is 1.89. The van der Waals surface area contributed by atoms with E-state index in [0.717, 1.165) is 30.2 Å². The number of hydrogen-bond acceptors (Lipinski definition) is 3. The largest absolute Gasteiger partial charge is 0.464 e. The van der Waals surface area contributed by atoms with E-state index in [2.05, 4.69) is 11.5 Å².